The molecule has 0 bridgehead atoms. The summed E-state index contributed by atoms with van der Waals surface area (Å²) in [7, 11) is 0. The van der Waals surface area contributed by atoms with Crippen molar-refractivity contribution in [3.63, 3.8) is 0 Å². The van der Waals surface area contributed by atoms with E-state index in [1.807, 2.05) is 32.0 Å². The molecule has 1 aromatic heterocycles. The van der Waals surface area contributed by atoms with Gasteiger partial charge in [0.25, 0.3) is 0 Å². The standard InChI is InChI=1S/C13H18N4O.ClH/c1-8-3-4-10-11(5-8)17-12(16-10)7-15-13(18)6-9(2)14;/h3-5,9H,6-7,14H2,1-2H3,(H,15,18)(H,16,17);1H. The third-order valence-electron chi connectivity index (χ3n) is 2.65. The van der Waals surface area contributed by atoms with Crippen molar-refractivity contribution in [2.45, 2.75) is 32.9 Å². The van der Waals surface area contributed by atoms with E-state index in [0.717, 1.165) is 16.9 Å². The first kappa shape index (κ1) is 15.5. The number of carbonyl (C=O) groups is 1. The van der Waals surface area contributed by atoms with Crippen LogP contribution in [0.5, 0.6) is 0 Å². The van der Waals surface area contributed by atoms with Crippen LogP contribution in [0.4, 0.5) is 0 Å². The Morgan fingerprint density at radius 1 is 1.53 bits per heavy atom. The number of nitrogens with zero attached hydrogens (tertiary/aromatic N) is 1. The quantitative estimate of drug-likeness (QED) is 0.797. The number of nitrogens with two attached hydrogens (primary N) is 1. The smallest absolute Gasteiger partial charge is 0.221 e. The van der Waals surface area contributed by atoms with Crippen molar-refractivity contribution < 1.29 is 4.79 Å². The van der Waals surface area contributed by atoms with Gasteiger partial charge in [-0.05, 0) is 31.5 Å². The Morgan fingerprint density at radius 3 is 2.95 bits per heavy atom. The molecule has 0 fully saturated rings. The highest BCUT2D eigenvalue weighted by Crippen LogP contribution is 2.12. The molecule has 0 spiro atoms. The number of benzene rings is 1. The molecule has 4 N–H and O–H groups in total. The lowest BCUT2D eigenvalue weighted by Crippen LogP contribution is -2.29. The van der Waals surface area contributed by atoms with E-state index in [9.17, 15) is 4.79 Å². The van der Waals surface area contributed by atoms with Gasteiger partial charge in [-0.25, -0.2) is 4.98 Å². The molecule has 1 aromatic carbocycles. The van der Waals surface area contributed by atoms with Crippen molar-refractivity contribution in [2.75, 3.05) is 0 Å². The molecule has 1 atom stereocenters. The van der Waals surface area contributed by atoms with E-state index in [4.69, 9.17) is 5.73 Å². The lowest BCUT2D eigenvalue weighted by Gasteiger charge is -2.05. The predicted octanol–water partition coefficient (Wildman–Crippen LogP) is 1.65. The van der Waals surface area contributed by atoms with Gasteiger partial charge in [0.15, 0.2) is 0 Å². The molecule has 2 rings (SSSR count). The highest BCUT2D eigenvalue weighted by Gasteiger charge is 2.07. The normalized spacial score (nSPS) is 11.9. The molecule has 0 radical (unpaired) electrons. The summed E-state index contributed by atoms with van der Waals surface area (Å²) in [6, 6.07) is 5.90. The highest BCUT2D eigenvalue weighted by molar-refractivity contribution is 5.85. The maximum absolute atomic E-state index is 11.5. The Balaban J connectivity index is 0.00000180. The van der Waals surface area contributed by atoms with Crippen LogP contribution in [0.25, 0.3) is 11.0 Å². The van der Waals surface area contributed by atoms with Crippen molar-refractivity contribution >= 4 is 29.3 Å². The lowest BCUT2D eigenvalue weighted by molar-refractivity contribution is -0.121. The Labute approximate surface area is 118 Å². The zero-order valence-electron chi connectivity index (χ0n) is 11.1. The lowest BCUT2D eigenvalue weighted by atomic mass is 10.2. The van der Waals surface area contributed by atoms with Gasteiger partial charge < -0.3 is 16.0 Å². The molecular formula is C13H19ClN4O. The zero-order chi connectivity index (χ0) is 13.1. The number of nitrogens with one attached hydrogen (secondary N) is 2. The van der Waals surface area contributed by atoms with Gasteiger partial charge in [-0.3, -0.25) is 4.79 Å². The Hall–Kier alpha value is -1.59. The molecule has 6 heteroatoms. The average Bonchev–Trinajstić information content (AvgIpc) is 2.67. The van der Waals surface area contributed by atoms with Crippen LogP contribution in [0.2, 0.25) is 0 Å². The van der Waals surface area contributed by atoms with E-state index in [-0.39, 0.29) is 24.4 Å². The minimum atomic E-state index is -0.122. The first-order chi connectivity index (χ1) is 8.54. The summed E-state index contributed by atoms with van der Waals surface area (Å²) in [4.78, 5) is 19.1. The minimum absolute atomic E-state index is 0. The number of aromatic amines is 1. The summed E-state index contributed by atoms with van der Waals surface area (Å²) < 4.78 is 0. The third kappa shape index (κ3) is 4.22. The van der Waals surface area contributed by atoms with Crippen molar-refractivity contribution in [1.82, 2.24) is 15.3 Å². The molecule has 0 aliphatic carbocycles. The number of imidazole rings is 1. The average molecular weight is 283 g/mol. The van der Waals surface area contributed by atoms with Crippen LogP contribution in [-0.4, -0.2) is 21.9 Å². The van der Waals surface area contributed by atoms with Gasteiger partial charge in [0.1, 0.15) is 5.82 Å². The van der Waals surface area contributed by atoms with E-state index in [2.05, 4.69) is 15.3 Å². The van der Waals surface area contributed by atoms with Gasteiger partial charge >= 0.3 is 0 Å². The van der Waals surface area contributed by atoms with Gasteiger partial charge in [-0.1, -0.05) is 6.07 Å². The van der Waals surface area contributed by atoms with Gasteiger partial charge in [0.05, 0.1) is 17.6 Å². The number of aromatic nitrogens is 2. The maximum atomic E-state index is 11.5. The number of halogens is 1. The molecule has 2 aromatic rings. The molecule has 0 aliphatic rings. The van der Waals surface area contributed by atoms with Crippen LogP contribution in [0.15, 0.2) is 18.2 Å². The topological polar surface area (TPSA) is 83.8 Å². The first-order valence-electron chi connectivity index (χ1n) is 6.02. The largest absolute Gasteiger partial charge is 0.349 e. The van der Waals surface area contributed by atoms with Crippen LogP contribution in [0.1, 0.15) is 24.7 Å². The molecule has 0 saturated carbocycles. The van der Waals surface area contributed by atoms with E-state index >= 15 is 0 Å². The van der Waals surface area contributed by atoms with Crippen LogP contribution >= 0.6 is 12.4 Å². The SMILES string of the molecule is Cc1ccc2nc(CNC(=O)CC(C)N)[nH]c2c1.Cl. The second kappa shape index (κ2) is 6.54. The van der Waals surface area contributed by atoms with E-state index in [1.165, 1.54) is 5.56 Å². The molecule has 1 unspecified atom stereocenters. The van der Waals surface area contributed by atoms with Crippen molar-refractivity contribution in [3.8, 4) is 0 Å². The highest BCUT2D eigenvalue weighted by atomic mass is 35.5. The van der Waals surface area contributed by atoms with Crippen LogP contribution in [-0.2, 0) is 11.3 Å². The molecule has 5 nitrogen and oxygen atoms in total. The number of carbonyl (C=O) groups excluding carboxylic acids is 1. The number of hydrogen-bond donors (Lipinski definition) is 3. The second-order valence-corrected chi connectivity index (χ2v) is 4.66. The second-order valence-electron chi connectivity index (χ2n) is 4.66. The maximum Gasteiger partial charge on any atom is 0.221 e. The van der Waals surface area contributed by atoms with Crippen molar-refractivity contribution in [2.24, 2.45) is 5.73 Å². The Bertz CT molecular complexity index is 565. The van der Waals surface area contributed by atoms with Gasteiger partial charge in [-0.15, -0.1) is 12.4 Å². The molecule has 104 valence electrons. The minimum Gasteiger partial charge on any atom is -0.349 e. The number of fused-ring (bicyclic) bond motifs is 1. The number of hydrogen-bond acceptors (Lipinski definition) is 3. The fourth-order valence-electron chi connectivity index (χ4n) is 1.81. The summed E-state index contributed by atoms with van der Waals surface area (Å²) in [6.45, 7) is 4.24. The van der Waals surface area contributed by atoms with Gasteiger partial charge in [-0.2, -0.15) is 0 Å². The monoisotopic (exact) mass is 282 g/mol. The van der Waals surface area contributed by atoms with Crippen LogP contribution in [0.3, 0.4) is 0 Å². The van der Waals surface area contributed by atoms with E-state index in [1.54, 1.807) is 0 Å². The summed E-state index contributed by atoms with van der Waals surface area (Å²) in [5.74, 6) is 0.704. The van der Waals surface area contributed by atoms with Gasteiger partial charge in [0, 0.05) is 12.5 Å². The van der Waals surface area contributed by atoms with Crippen molar-refractivity contribution in [1.29, 1.82) is 0 Å². The summed E-state index contributed by atoms with van der Waals surface area (Å²) >= 11 is 0. The number of rotatable bonds is 4. The van der Waals surface area contributed by atoms with E-state index < -0.39 is 0 Å². The molecule has 0 aliphatic heterocycles. The number of H-pyrrole nitrogens is 1. The molecule has 0 saturated heterocycles. The Kier molecular flexibility index (Phi) is 5.32. The molecule has 1 heterocycles. The third-order valence-corrected chi connectivity index (χ3v) is 2.65. The number of aryl methyl sites for hydroxylation is 1. The summed E-state index contributed by atoms with van der Waals surface area (Å²) in [6.07, 6.45) is 0.333. The summed E-state index contributed by atoms with van der Waals surface area (Å²) in [5, 5.41) is 2.79. The predicted molar refractivity (Wildman–Crippen MR) is 78.2 cm³/mol. The first-order valence-corrected chi connectivity index (χ1v) is 6.02. The fraction of sp³-hybridized carbons (Fsp3) is 0.385. The number of amides is 1. The van der Waals surface area contributed by atoms with Crippen LogP contribution < -0.4 is 11.1 Å². The van der Waals surface area contributed by atoms with Crippen molar-refractivity contribution in [3.05, 3.63) is 29.6 Å². The molecule has 1 amide bonds. The molecule has 19 heavy (non-hydrogen) atoms. The fourth-order valence-corrected chi connectivity index (χ4v) is 1.81. The Morgan fingerprint density at radius 2 is 2.26 bits per heavy atom. The zero-order valence-corrected chi connectivity index (χ0v) is 11.9. The van der Waals surface area contributed by atoms with Crippen LogP contribution in [0, 0.1) is 6.92 Å². The summed E-state index contributed by atoms with van der Waals surface area (Å²) in [5.41, 5.74) is 8.64. The van der Waals surface area contributed by atoms with E-state index in [0.29, 0.717) is 13.0 Å². The molecular weight excluding hydrogens is 264 g/mol. The van der Waals surface area contributed by atoms with Gasteiger partial charge in [0.2, 0.25) is 5.91 Å².